The lowest BCUT2D eigenvalue weighted by atomic mass is 9.95. The number of piperidine rings is 1. The lowest BCUT2D eigenvalue weighted by Gasteiger charge is -2.34. The number of hydrogen-bond donors (Lipinski definition) is 2. The van der Waals surface area contributed by atoms with Crippen molar-refractivity contribution in [2.24, 2.45) is 17.0 Å². The Balaban J connectivity index is 1.26. The van der Waals surface area contributed by atoms with Gasteiger partial charge in [0.2, 0.25) is 5.88 Å². The van der Waals surface area contributed by atoms with Gasteiger partial charge < -0.3 is 29.6 Å². The van der Waals surface area contributed by atoms with E-state index in [0.29, 0.717) is 36.6 Å². The maximum Gasteiger partial charge on any atom is 0.319 e. The number of anilines is 1. The predicted molar refractivity (Wildman–Crippen MR) is 176 cm³/mol. The molecule has 2 N–H and O–H groups in total. The van der Waals surface area contributed by atoms with Gasteiger partial charge in [-0.25, -0.2) is 13.8 Å². The molecule has 3 saturated heterocycles. The molecule has 2 bridgehead atoms. The fourth-order valence-corrected chi connectivity index (χ4v) is 7.71. The second kappa shape index (κ2) is 12.0. The highest BCUT2D eigenvalue weighted by atomic mass is 19.1. The quantitative estimate of drug-likeness (QED) is 0.155. The summed E-state index contributed by atoms with van der Waals surface area (Å²) in [5.74, 6) is 2.75. The highest BCUT2D eigenvalue weighted by Gasteiger charge is 2.45. The summed E-state index contributed by atoms with van der Waals surface area (Å²) in [5, 5.41) is 19.4. The first-order valence-electron chi connectivity index (χ1n) is 16.2. The third-order valence-corrected chi connectivity index (χ3v) is 9.92. The Morgan fingerprint density at radius 3 is 2.54 bits per heavy atom. The minimum atomic E-state index is -0.821. The van der Waals surface area contributed by atoms with E-state index in [2.05, 4.69) is 36.2 Å². The minimum Gasteiger partial charge on any atom is -0.508 e. The van der Waals surface area contributed by atoms with Crippen LogP contribution in [-0.4, -0.2) is 96.3 Å². The number of halogens is 2. The summed E-state index contributed by atoms with van der Waals surface area (Å²) in [5.41, 5.74) is 0.367. The van der Waals surface area contributed by atoms with Gasteiger partial charge in [-0.2, -0.15) is 9.97 Å². The number of phenols is 1. The molecule has 4 fully saturated rings. The van der Waals surface area contributed by atoms with E-state index >= 15 is 4.39 Å². The molecule has 48 heavy (non-hydrogen) atoms. The van der Waals surface area contributed by atoms with E-state index in [1.54, 1.807) is 0 Å². The van der Waals surface area contributed by atoms with Gasteiger partial charge in [0.05, 0.1) is 12.7 Å². The molecule has 13 heteroatoms. The number of hydrogen-bond acceptors (Lipinski definition) is 11. The molecule has 4 aromatic rings. The molecular formula is C35H35F2N7O4. The van der Waals surface area contributed by atoms with Crippen LogP contribution in [0.25, 0.3) is 32.9 Å². The Bertz CT molecular complexity index is 2000. The Morgan fingerprint density at radius 2 is 1.83 bits per heavy atom. The predicted octanol–water partition coefficient (Wildman–Crippen LogP) is 4.09. The summed E-state index contributed by atoms with van der Waals surface area (Å²) in [7, 11) is 2.92. The largest absolute Gasteiger partial charge is 0.508 e. The molecule has 5 heterocycles. The van der Waals surface area contributed by atoms with Crippen molar-refractivity contribution in [2.45, 2.75) is 31.3 Å². The second-order valence-electron chi connectivity index (χ2n) is 13.1. The van der Waals surface area contributed by atoms with Crippen LogP contribution >= 0.6 is 0 Å². The molecule has 3 aliphatic heterocycles. The molecule has 2 aromatic heterocycles. The van der Waals surface area contributed by atoms with Crippen LogP contribution in [0, 0.1) is 35.8 Å². The van der Waals surface area contributed by atoms with Crippen molar-refractivity contribution >= 4 is 33.2 Å². The summed E-state index contributed by atoms with van der Waals surface area (Å²) in [6.45, 7) is 3.94. The van der Waals surface area contributed by atoms with E-state index in [1.807, 2.05) is 0 Å². The highest BCUT2D eigenvalue weighted by molar-refractivity contribution is 6.04. The molecule has 4 aliphatic rings. The monoisotopic (exact) mass is 655 g/mol. The maximum atomic E-state index is 17.0. The number of pyridine rings is 1. The number of terminal acetylenes is 1. The van der Waals surface area contributed by atoms with Crippen molar-refractivity contribution in [3.63, 3.8) is 0 Å². The summed E-state index contributed by atoms with van der Waals surface area (Å²) < 4.78 is 43.9. The molecule has 2 aromatic carbocycles. The van der Waals surface area contributed by atoms with Gasteiger partial charge in [0.15, 0.2) is 5.82 Å². The Morgan fingerprint density at radius 1 is 1.06 bits per heavy atom. The molecule has 0 amide bonds. The number of aromatic hydroxyl groups is 1. The van der Waals surface area contributed by atoms with Crippen molar-refractivity contribution in [2.75, 3.05) is 58.5 Å². The Labute approximate surface area is 275 Å². The van der Waals surface area contributed by atoms with Crippen molar-refractivity contribution in [3.8, 4) is 41.2 Å². The number of piperazine rings is 1. The number of benzene rings is 2. The highest BCUT2D eigenvalue weighted by Crippen LogP contribution is 2.45. The maximum absolute atomic E-state index is 17.0. The zero-order valence-corrected chi connectivity index (χ0v) is 26.7. The molecule has 8 rings (SSSR count). The molecular weight excluding hydrogens is 620 g/mol. The van der Waals surface area contributed by atoms with Gasteiger partial charge in [-0.1, -0.05) is 17.1 Å². The van der Waals surface area contributed by atoms with E-state index in [9.17, 15) is 9.50 Å². The molecule has 4 unspecified atom stereocenters. The second-order valence-corrected chi connectivity index (χ2v) is 13.1. The molecule has 1 saturated carbocycles. The van der Waals surface area contributed by atoms with Gasteiger partial charge in [-0.15, -0.1) is 6.42 Å². The van der Waals surface area contributed by atoms with E-state index in [0.717, 1.165) is 37.8 Å². The van der Waals surface area contributed by atoms with Crippen molar-refractivity contribution in [3.05, 3.63) is 41.5 Å². The number of ether oxygens (including phenoxy) is 2. The lowest BCUT2D eigenvalue weighted by Crippen LogP contribution is -2.51. The number of nitrogens with zero attached hydrogens (tertiary/aromatic N) is 6. The SMILES string of the molecule is C#Cc1c(F)ccc2cc(O)cc(-c3nc(OC)c4c(N5CC6CCC(C5)N6)nc(OC/C(CN5CC6CC6C5)=N/OC)nc4c3F)c12. The van der Waals surface area contributed by atoms with Crippen LogP contribution < -0.4 is 19.7 Å². The van der Waals surface area contributed by atoms with Gasteiger partial charge in [-0.05, 0) is 54.7 Å². The van der Waals surface area contributed by atoms with Crippen molar-refractivity contribution < 1.29 is 28.2 Å². The molecule has 4 atom stereocenters. The average Bonchev–Trinajstić information content (AvgIpc) is 3.55. The average molecular weight is 656 g/mol. The van der Waals surface area contributed by atoms with Gasteiger partial charge >= 0.3 is 6.01 Å². The standard InChI is InChI=1S/C35H35F2N7O4/c1-4-25-27(36)8-5-18-10-24(45)11-26(28(18)25)31-30(37)32-29(34(39-31)46-2)33(44-15-21-6-7-22(16-44)38-21)41-35(40-32)48-17-23(42-47-3)14-43-12-19-9-20(19)13-43/h1,5,8,10-11,19-22,38,45H,6-7,9,12-17H2,2-3H3/b42-23+. The molecule has 11 nitrogen and oxygen atoms in total. The fraction of sp³-hybridized carbons (Fsp3) is 0.429. The number of fused-ring (bicyclic) bond motifs is 5. The summed E-state index contributed by atoms with van der Waals surface area (Å²) >= 11 is 0. The van der Waals surface area contributed by atoms with Crippen molar-refractivity contribution in [1.82, 2.24) is 25.2 Å². The van der Waals surface area contributed by atoms with Crippen LogP contribution in [0.1, 0.15) is 24.8 Å². The fourth-order valence-electron chi connectivity index (χ4n) is 7.71. The summed E-state index contributed by atoms with van der Waals surface area (Å²) in [4.78, 5) is 23.5. The smallest absolute Gasteiger partial charge is 0.319 e. The summed E-state index contributed by atoms with van der Waals surface area (Å²) in [6.07, 6.45) is 9.05. The van der Waals surface area contributed by atoms with Gasteiger partial charge in [0.25, 0.3) is 0 Å². The van der Waals surface area contributed by atoms with E-state index in [1.165, 1.54) is 44.9 Å². The lowest BCUT2D eigenvalue weighted by molar-refractivity contribution is 0.205. The number of oxime groups is 1. The molecule has 0 radical (unpaired) electrons. The zero-order chi connectivity index (χ0) is 33.1. The molecule has 0 spiro atoms. The third-order valence-electron chi connectivity index (χ3n) is 9.92. The Hall–Kier alpha value is -4.80. The van der Waals surface area contributed by atoms with Crippen LogP contribution in [0.4, 0.5) is 14.6 Å². The first-order valence-corrected chi connectivity index (χ1v) is 16.2. The number of phenolic OH excluding ortho intramolecular Hbond substituents is 1. The number of methoxy groups -OCH3 is 1. The topological polar surface area (TPSA) is 117 Å². The van der Waals surface area contributed by atoms with Crippen LogP contribution in [0.2, 0.25) is 0 Å². The number of rotatable bonds is 9. The minimum absolute atomic E-state index is 0.0378. The first kappa shape index (κ1) is 30.5. The van der Waals surface area contributed by atoms with Crippen LogP contribution in [-0.2, 0) is 4.84 Å². The number of likely N-dealkylation sites (tertiary alicyclic amines) is 1. The van der Waals surface area contributed by atoms with E-state index in [-0.39, 0.29) is 69.4 Å². The van der Waals surface area contributed by atoms with Crippen LogP contribution in [0.3, 0.4) is 0 Å². The summed E-state index contributed by atoms with van der Waals surface area (Å²) in [6, 6.07) is 5.88. The molecule has 1 aliphatic carbocycles. The van der Waals surface area contributed by atoms with Crippen LogP contribution in [0.15, 0.2) is 29.4 Å². The van der Waals surface area contributed by atoms with Crippen LogP contribution in [0.5, 0.6) is 17.6 Å². The first-order chi connectivity index (χ1) is 23.3. The van der Waals surface area contributed by atoms with Gasteiger partial charge in [0, 0.05) is 55.8 Å². The normalized spacial score (nSPS) is 23.4. The van der Waals surface area contributed by atoms with E-state index in [4.69, 9.17) is 25.7 Å². The van der Waals surface area contributed by atoms with Gasteiger partial charge in [-0.3, -0.25) is 4.90 Å². The molecule has 248 valence electrons. The Kier molecular flexibility index (Phi) is 7.64. The number of nitrogens with one attached hydrogen (secondary N) is 1. The van der Waals surface area contributed by atoms with Gasteiger partial charge in [0.1, 0.15) is 53.4 Å². The zero-order valence-electron chi connectivity index (χ0n) is 26.7. The van der Waals surface area contributed by atoms with E-state index < -0.39 is 11.6 Å². The third kappa shape index (κ3) is 5.38. The number of aromatic nitrogens is 3. The van der Waals surface area contributed by atoms with Crippen molar-refractivity contribution in [1.29, 1.82) is 0 Å².